The third-order valence-electron chi connectivity index (χ3n) is 12.0. The van der Waals surface area contributed by atoms with Crippen LogP contribution in [0, 0.1) is 20.8 Å². The van der Waals surface area contributed by atoms with Crippen LogP contribution in [-0.4, -0.2) is 74.9 Å². The van der Waals surface area contributed by atoms with Crippen molar-refractivity contribution in [1.82, 2.24) is 0 Å². The van der Waals surface area contributed by atoms with E-state index in [4.69, 9.17) is 27.4 Å². The smallest absolute Gasteiger partial charge is 0.466 e. The van der Waals surface area contributed by atoms with Crippen LogP contribution in [-0.2, 0) is 58.4 Å². The summed E-state index contributed by atoms with van der Waals surface area (Å²) < 4.78 is 46.8. The molecule has 0 amide bonds. The van der Waals surface area contributed by atoms with Gasteiger partial charge in [0.25, 0.3) is 0 Å². The molecular formula is C51H91NO10P+. The SMILES string of the molecule is CCCCCc1cc(C)c(CCCCCCCCCCCCC(=O)OC(COC(=O)CCCCCCCCCCc2oc(CCC)c(C)c2C)COP(=O)(O)OCC[N+](C)(C)C)o1. The molecule has 2 aromatic rings. The zero-order chi connectivity index (χ0) is 46.4. The fraction of sp³-hybridized carbons (Fsp3) is 0.804. The molecule has 0 saturated carbocycles. The van der Waals surface area contributed by atoms with Crippen molar-refractivity contribution in [2.24, 2.45) is 0 Å². The van der Waals surface area contributed by atoms with Gasteiger partial charge < -0.3 is 27.7 Å². The molecule has 364 valence electrons. The number of furan rings is 2. The summed E-state index contributed by atoms with van der Waals surface area (Å²) in [6.07, 6.45) is 28.0. The quantitative estimate of drug-likeness (QED) is 0.0298. The molecule has 63 heavy (non-hydrogen) atoms. The number of esters is 2. The first-order chi connectivity index (χ1) is 30.1. The lowest BCUT2D eigenvalue weighted by molar-refractivity contribution is -0.870. The second-order valence-electron chi connectivity index (χ2n) is 19.0. The molecule has 0 aromatic carbocycles. The van der Waals surface area contributed by atoms with E-state index in [-0.39, 0.29) is 32.0 Å². The molecule has 2 aromatic heterocycles. The number of ether oxygens (including phenoxy) is 2. The number of hydrogen-bond acceptors (Lipinski definition) is 9. The molecule has 2 heterocycles. The number of hydrogen-bond donors (Lipinski definition) is 1. The Labute approximate surface area is 383 Å². The lowest BCUT2D eigenvalue weighted by Crippen LogP contribution is -2.37. The van der Waals surface area contributed by atoms with Crippen LogP contribution in [0.1, 0.15) is 208 Å². The molecule has 2 unspecified atom stereocenters. The van der Waals surface area contributed by atoms with Gasteiger partial charge in [-0.3, -0.25) is 18.6 Å². The summed E-state index contributed by atoms with van der Waals surface area (Å²) in [5.41, 5.74) is 3.93. The first-order valence-corrected chi connectivity index (χ1v) is 26.6. The molecule has 0 radical (unpaired) electrons. The highest BCUT2D eigenvalue weighted by Gasteiger charge is 2.27. The zero-order valence-electron chi connectivity index (χ0n) is 41.3. The number of nitrogens with zero attached hydrogens (tertiary/aromatic N) is 1. The molecule has 0 saturated heterocycles. The Kier molecular flexibility index (Phi) is 29.8. The molecule has 0 bridgehead atoms. The maximum atomic E-state index is 12.8. The number of rotatable bonds is 40. The van der Waals surface area contributed by atoms with Crippen LogP contribution < -0.4 is 0 Å². The van der Waals surface area contributed by atoms with Gasteiger partial charge in [0, 0.05) is 38.5 Å². The van der Waals surface area contributed by atoms with Gasteiger partial charge in [0.05, 0.1) is 27.7 Å². The summed E-state index contributed by atoms with van der Waals surface area (Å²) in [4.78, 5) is 35.7. The number of quaternary nitrogens is 1. The summed E-state index contributed by atoms with van der Waals surface area (Å²) in [6.45, 7) is 10.8. The summed E-state index contributed by atoms with van der Waals surface area (Å²) in [6, 6.07) is 2.23. The van der Waals surface area contributed by atoms with Gasteiger partial charge in [-0.25, -0.2) is 4.57 Å². The third kappa shape index (κ3) is 27.6. The van der Waals surface area contributed by atoms with Crippen molar-refractivity contribution in [1.29, 1.82) is 0 Å². The van der Waals surface area contributed by atoms with Gasteiger partial charge in [0.1, 0.15) is 42.8 Å². The summed E-state index contributed by atoms with van der Waals surface area (Å²) in [5.74, 6) is 3.79. The average molecular weight is 909 g/mol. The lowest BCUT2D eigenvalue weighted by Gasteiger charge is -2.24. The van der Waals surface area contributed by atoms with E-state index in [0.29, 0.717) is 17.4 Å². The molecule has 2 rings (SSSR count). The molecule has 11 nitrogen and oxygen atoms in total. The Morgan fingerprint density at radius 3 is 1.63 bits per heavy atom. The minimum absolute atomic E-state index is 0.0219. The minimum atomic E-state index is -4.40. The second kappa shape index (κ2) is 33.1. The summed E-state index contributed by atoms with van der Waals surface area (Å²) >= 11 is 0. The van der Waals surface area contributed by atoms with Crippen molar-refractivity contribution in [2.75, 3.05) is 47.5 Å². The van der Waals surface area contributed by atoms with Gasteiger partial charge in [-0.2, -0.15) is 0 Å². The summed E-state index contributed by atoms with van der Waals surface area (Å²) in [7, 11) is 1.45. The van der Waals surface area contributed by atoms with Crippen LogP contribution >= 0.6 is 7.82 Å². The standard InChI is InChI=1S/C51H90NO10P/c1-9-11-26-32-45-39-42(3)47(60-45)33-27-22-18-14-12-13-15-21-25-30-36-51(54)61-46(41-59-63(55,56)58-38-37-52(6,7)8)40-57-50(53)35-29-24-20-17-16-19-23-28-34-49-44(5)43(4)48(62-49)31-10-2/h39,46H,9-38,40-41H2,1-8H3/p+1. The zero-order valence-corrected chi connectivity index (χ0v) is 42.2. The largest absolute Gasteiger partial charge is 0.472 e. The number of phosphoric ester groups is 1. The van der Waals surface area contributed by atoms with Crippen LogP contribution in [0.15, 0.2) is 14.9 Å². The van der Waals surface area contributed by atoms with Crippen LogP contribution in [0.2, 0.25) is 0 Å². The van der Waals surface area contributed by atoms with Crippen LogP contribution in [0.5, 0.6) is 0 Å². The van der Waals surface area contributed by atoms with Gasteiger partial charge in [-0.15, -0.1) is 0 Å². The van der Waals surface area contributed by atoms with Gasteiger partial charge >= 0.3 is 19.8 Å². The Balaban J connectivity index is 1.60. The number of phosphoric acid groups is 1. The van der Waals surface area contributed by atoms with Crippen molar-refractivity contribution in [3.8, 4) is 0 Å². The third-order valence-corrected chi connectivity index (χ3v) is 12.9. The molecular weight excluding hydrogens is 818 g/mol. The number of unbranched alkanes of at least 4 members (excludes halogenated alkanes) is 18. The molecule has 0 aliphatic carbocycles. The van der Waals surface area contributed by atoms with E-state index in [1.807, 2.05) is 21.1 Å². The Morgan fingerprint density at radius 2 is 1.10 bits per heavy atom. The lowest BCUT2D eigenvalue weighted by atomic mass is 10.0. The van der Waals surface area contributed by atoms with Gasteiger partial charge in [-0.05, 0) is 82.1 Å². The molecule has 0 aliphatic rings. The molecule has 0 fully saturated rings. The predicted molar refractivity (Wildman–Crippen MR) is 254 cm³/mol. The predicted octanol–water partition coefficient (Wildman–Crippen LogP) is 13.4. The Bertz CT molecular complexity index is 1560. The van der Waals surface area contributed by atoms with Crippen LogP contribution in [0.4, 0.5) is 0 Å². The molecule has 0 spiro atoms. The number of aryl methyl sites for hydroxylation is 5. The Morgan fingerprint density at radius 1 is 0.603 bits per heavy atom. The van der Waals surface area contributed by atoms with Crippen LogP contribution in [0.25, 0.3) is 0 Å². The molecule has 2 atom stereocenters. The Hall–Kier alpha value is -2.43. The highest BCUT2D eigenvalue weighted by Crippen LogP contribution is 2.43. The maximum absolute atomic E-state index is 12.8. The first kappa shape index (κ1) is 56.7. The second-order valence-corrected chi connectivity index (χ2v) is 20.4. The minimum Gasteiger partial charge on any atom is -0.466 e. The van der Waals surface area contributed by atoms with Crippen molar-refractivity contribution in [3.05, 3.63) is 45.8 Å². The van der Waals surface area contributed by atoms with E-state index in [2.05, 4.69) is 40.7 Å². The molecule has 1 N–H and O–H groups in total. The van der Waals surface area contributed by atoms with E-state index in [9.17, 15) is 19.0 Å². The van der Waals surface area contributed by atoms with Crippen molar-refractivity contribution in [2.45, 2.75) is 221 Å². The van der Waals surface area contributed by atoms with Gasteiger partial charge in [-0.1, -0.05) is 117 Å². The topological polar surface area (TPSA) is 135 Å². The maximum Gasteiger partial charge on any atom is 0.472 e. The van der Waals surface area contributed by atoms with E-state index in [1.54, 1.807) is 0 Å². The highest BCUT2D eigenvalue weighted by atomic mass is 31.2. The average Bonchev–Trinajstić information content (AvgIpc) is 3.71. The van der Waals surface area contributed by atoms with Crippen molar-refractivity contribution < 1.29 is 50.9 Å². The number of likely N-dealkylation sites (N-methyl/N-ethyl adjacent to an activating group) is 1. The first-order valence-electron chi connectivity index (χ1n) is 25.1. The van der Waals surface area contributed by atoms with E-state index < -0.39 is 26.5 Å². The van der Waals surface area contributed by atoms with Crippen LogP contribution in [0.3, 0.4) is 0 Å². The van der Waals surface area contributed by atoms with Crippen molar-refractivity contribution >= 4 is 19.8 Å². The van der Waals surface area contributed by atoms with Gasteiger partial charge in [0.15, 0.2) is 6.10 Å². The normalized spacial score (nSPS) is 13.3. The van der Waals surface area contributed by atoms with E-state index in [1.165, 1.54) is 99.5 Å². The summed E-state index contributed by atoms with van der Waals surface area (Å²) in [5, 5.41) is 0. The highest BCUT2D eigenvalue weighted by molar-refractivity contribution is 7.47. The molecule has 12 heteroatoms. The number of carbonyl (C=O) groups excluding carboxylic acids is 2. The fourth-order valence-corrected chi connectivity index (χ4v) is 8.52. The fourth-order valence-electron chi connectivity index (χ4n) is 7.78. The van der Waals surface area contributed by atoms with E-state index in [0.717, 1.165) is 101 Å². The number of carbonyl (C=O) groups is 2. The molecule has 0 aliphatic heterocycles. The monoisotopic (exact) mass is 909 g/mol. The van der Waals surface area contributed by atoms with Gasteiger partial charge in [0.2, 0.25) is 0 Å². The van der Waals surface area contributed by atoms with E-state index >= 15 is 0 Å². The van der Waals surface area contributed by atoms with Crippen molar-refractivity contribution in [3.63, 3.8) is 0 Å².